The first-order valence-electron chi connectivity index (χ1n) is 11.5. The molecule has 0 aromatic carbocycles. The molecule has 0 nitrogen and oxygen atoms in total. The zero-order chi connectivity index (χ0) is 18.3. The van der Waals surface area contributed by atoms with Crippen molar-refractivity contribution >= 4 is 0 Å². The molecule has 2 aliphatic carbocycles. The summed E-state index contributed by atoms with van der Waals surface area (Å²) in [4.78, 5) is 0. The lowest BCUT2D eigenvalue weighted by Gasteiger charge is -2.24. The molecule has 0 spiro atoms. The molecule has 4 atom stereocenters. The molecule has 2 bridgehead atoms. The van der Waals surface area contributed by atoms with E-state index in [1.54, 1.807) is 0 Å². The predicted molar refractivity (Wildman–Crippen MR) is 128 cm³/mol. The summed E-state index contributed by atoms with van der Waals surface area (Å²) in [6.07, 6.45) is 27.8. The standard InChI is InChI=1S/C15H26.C10H20.2CH4/c1-3-4-5-6-7-8-15-12(2)13-9-10-14(15)11-13;1-3-5-7-9-10-8-6-4-2;;/h9-10,12-15H,3-8,11H2,1-2H3;3,5H,4,6-10H2,1-2H3;2*1H4/b;5-3+;;. The van der Waals surface area contributed by atoms with Crippen molar-refractivity contribution < 1.29 is 0 Å². The molecule has 0 N–H and O–H groups in total. The summed E-state index contributed by atoms with van der Waals surface area (Å²) in [6, 6.07) is 0. The fourth-order valence-electron chi connectivity index (χ4n) is 4.66. The monoisotopic (exact) mass is 378 g/mol. The van der Waals surface area contributed by atoms with Crippen molar-refractivity contribution in [2.45, 2.75) is 126 Å². The first-order chi connectivity index (χ1) is 12.2. The van der Waals surface area contributed by atoms with Gasteiger partial charge in [-0.15, -0.1) is 0 Å². The van der Waals surface area contributed by atoms with Gasteiger partial charge in [-0.25, -0.2) is 0 Å². The van der Waals surface area contributed by atoms with Crippen molar-refractivity contribution in [3.8, 4) is 0 Å². The van der Waals surface area contributed by atoms with E-state index in [-0.39, 0.29) is 14.9 Å². The summed E-state index contributed by atoms with van der Waals surface area (Å²) in [6.45, 7) is 9.12. The Hall–Kier alpha value is -0.520. The van der Waals surface area contributed by atoms with Gasteiger partial charge in [-0.1, -0.05) is 118 Å². The normalized spacial score (nSPS) is 25.0. The van der Waals surface area contributed by atoms with Crippen molar-refractivity contribution in [3.63, 3.8) is 0 Å². The van der Waals surface area contributed by atoms with E-state index >= 15 is 0 Å². The second-order valence-corrected chi connectivity index (χ2v) is 8.45. The number of rotatable bonds is 12. The molecule has 0 aromatic heterocycles. The van der Waals surface area contributed by atoms with Gasteiger partial charge in [-0.2, -0.15) is 0 Å². The molecule has 0 saturated heterocycles. The highest BCUT2D eigenvalue weighted by Crippen LogP contribution is 2.49. The van der Waals surface area contributed by atoms with Crippen LogP contribution < -0.4 is 0 Å². The quantitative estimate of drug-likeness (QED) is 0.234. The highest BCUT2D eigenvalue weighted by Gasteiger charge is 2.40. The van der Waals surface area contributed by atoms with Crippen molar-refractivity contribution in [1.29, 1.82) is 0 Å². The highest BCUT2D eigenvalue weighted by molar-refractivity contribution is 5.12. The van der Waals surface area contributed by atoms with Crippen LogP contribution in [0.4, 0.5) is 0 Å². The molecular formula is C27H54. The number of hydrogen-bond donors (Lipinski definition) is 0. The maximum absolute atomic E-state index is 2.50. The summed E-state index contributed by atoms with van der Waals surface area (Å²) in [7, 11) is 0. The summed E-state index contributed by atoms with van der Waals surface area (Å²) in [5.74, 6) is 3.90. The topological polar surface area (TPSA) is 0 Å². The summed E-state index contributed by atoms with van der Waals surface area (Å²) < 4.78 is 0. The third kappa shape index (κ3) is 11.8. The Balaban J connectivity index is 0. The second kappa shape index (κ2) is 18.8. The first-order valence-corrected chi connectivity index (χ1v) is 11.5. The molecule has 0 radical (unpaired) electrons. The van der Waals surface area contributed by atoms with Crippen LogP contribution in [0.15, 0.2) is 24.3 Å². The molecule has 0 heterocycles. The van der Waals surface area contributed by atoms with E-state index in [4.69, 9.17) is 0 Å². The number of hydrogen-bond acceptors (Lipinski definition) is 0. The average Bonchev–Trinajstić information content (AvgIpc) is 3.21. The van der Waals surface area contributed by atoms with Gasteiger partial charge in [-0.05, 0) is 56.3 Å². The zero-order valence-electron chi connectivity index (χ0n) is 17.8. The van der Waals surface area contributed by atoms with E-state index in [1.807, 2.05) is 0 Å². The first kappa shape index (κ1) is 28.7. The Bertz CT molecular complexity index is 351. The minimum absolute atomic E-state index is 0. The van der Waals surface area contributed by atoms with Crippen molar-refractivity contribution in [2.24, 2.45) is 23.7 Å². The Morgan fingerprint density at radius 2 is 1.33 bits per heavy atom. The molecule has 0 aliphatic heterocycles. The van der Waals surface area contributed by atoms with Gasteiger partial charge in [0.25, 0.3) is 0 Å². The van der Waals surface area contributed by atoms with E-state index in [1.165, 1.54) is 83.5 Å². The maximum Gasteiger partial charge on any atom is -0.0197 e. The Labute approximate surface area is 174 Å². The molecule has 0 amide bonds. The smallest absolute Gasteiger partial charge is 0.0197 e. The lowest BCUT2D eigenvalue weighted by atomic mass is 9.81. The SMILES string of the molecule is C.C.C/C=C/CCCCCCC.CCCCCCCC1C2C=CC(C2)C1C. The van der Waals surface area contributed by atoms with E-state index in [9.17, 15) is 0 Å². The van der Waals surface area contributed by atoms with Crippen LogP contribution >= 0.6 is 0 Å². The lowest BCUT2D eigenvalue weighted by Crippen LogP contribution is -2.16. The van der Waals surface area contributed by atoms with E-state index in [0.717, 1.165) is 23.7 Å². The van der Waals surface area contributed by atoms with Crippen LogP contribution in [0.2, 0.25) is 0 Å². The Morgan fingerprint density at radius 3 is 1.85 bits per heavy atom. The van der Waals surface area contributed by atoms with Gasteiger partial charge < -0.3 is 0 Å². The fraction of sp³-hybridized carbons (Fsp3) is 0.852. The van der Waals surface area contributed by atoms with Gasteiger partial charge in [-0.3, -0.25) is 0 Å². The Morgan fingerprint density at radius 1 is 0.778 bits per heavy atom. The predicted octanol–water partition coefficient (Wildman–Crippen LogP) is 10.0. The zero-order valence-corrected chi connectivity index (χ0v) is 17.8. The van der Waals surface area contributed by atoms with E-state index in [2.05, 4.69) is 52.0 Å². The number of fused-ring (bicyclic) bond motifs is 2. The minimum Gasteiger partial charge on any atom is -0.0917 e. The third-order valence-electron chi connectivity index (χ3n) is 6.40. The van der Waals surface area contributed by atoms with Gasteiger partial charge in [0.1, 0.15) is 0 Å². The van der Waals surface area contributed by atoms with Crippen LogP contribution in [0.3, 0.4) is 0 Å². The van der Waals surface area contributed by atoms with Gasteiger partial charge in [0, 0.05) is 0 Å². The molecule has 1 fully saturated rings. The van der Waals surface area contributed by atoms with Crippen LogP contribution in [0.25, 0.3) is 0 Å². The molecule has 27 heavy (non-hydrogen) atoms. The van der Waals surface area contributed by atoms with Gasteiger partial charge >= 0.3 is 0 Å². The number of unbranched alkanes of at least 4 members (excludes halogenated alkanes) is 9. The minimum atomic E-state index is 0. The number of allylic oxidation sites excluding steroid dienone is 4. The lowest BCUT2D eigenvalue weighted by molar-refractivity contribution is 0.304. The maximum atomic E-state index is 2.50. The second-order valence-electron chi connectivity index (χ2n) is 8.45. The average molecular weight is 379 g/mol. The van der Waals surface area contributed by atoms with Crippen LogP contribution in [0.1, 0.15) is 126 Å². The van der Waals surface area contributed by atoms with E-state index < -0.39 is 0 Å². The van der Waals surface area contributed by atoms with E-state index in [0.29, 0.717) is 0 Å². The van der Waals surface area contributed by atoms with Crippen molar-refractivity contribution in [1.82, 2.24) is 0 Å². The molecule has 162 valence electrons. The third-order valence-corrected chi connectivity index (χ3v) is 6.40. The van der Waals surface area contributed by atoms with Crippen LogP contribution in [0.5, 0.6) is 0 Å². The summed E-state index contributed by atoms with van der Waals surface area (Å²) >= 11 is 0. The Kier molecular flexibility index (Phi) is 20.0. The molecule has 2 rings (SSSR count). The van der Waals surface area contributed by atoms with Gasteiger partial charge in [0.05, 0.1) is 0 Å². The largest absolute Gasteiger partial charge is 0.0917 e. The van der Waals surface area contributed by atoms with Crippen molar-refractivity contribution in [2.75, 3.05) is 0 Å². The molecule has 0 heteroatoms. The molecule has 0 aromatic rings. The molecular weight excluding hydrogens is 324 g/mol. The molecule has 4 unspecified atom stereocenters. The summed E-state index contributed by atoms with van der Waals surface area (Å²) in [5.41, 5.74) is 0. The highest BCUT2D eigenvalue weighted by atomic mass is 14.5. The van der Waals surface area contributed by atoms with Crippen molar-refractivity contribution in [3.05, 3.63) is 24.3 Å². The van der Waals surface area contributed by atoms with Crippen LogP contribution in [0, 0.1) is 23.7 Å². The van der Waals surface area contributed by atoms with Crippen LogP contribution in [-0.4, -0.2) is 0 Å². The van der Waals surface area contributed by atoms with Crippen LogP contribution in [-0.2, 0) is 0 Å². The van der Waals surface area contributed by atoms with Gasteiger partial charge in [0.15, 0.2) is 0 Å². The fourth-order valence-corrected chi connectivity index (χ4v) is 4.66. The summed E-state index contributed by atoms with van der Waals surface area (Å²) in [5, 5.41) is 0. The molecule has 1 saturated carbocycles. The van der Waals surface area contributed by atoms with Gasteiger partial charge in [0.2, 0.25) is 0 Å². The molecule has 2 aliphatic rings.